The fourth-order valence-corrected chi connectivity index (χ4v) is 3.56. The molecule has 0 radical (unpaired) electrons. The molecule has 0 aliphatic rings. The van der Waals surface area contributed by atoms with Crippen molar-refractivity contribution in [3.63, 3.8) is 0 Å². The van der Waals surface area contributed by atoms with Crippen LogP contribution < -0.4 is 0 Å². The summed E-state index contributed by atoms with van der Waals surface area (Å²) in [6.07, 6.45) is 26.8. The SMILES string of the molecule is CCCCCCCCCCCC=CC=CC=CC=CC(=O)C(O)(CC(=O)O)C[N+](C)(C)C. The van der Waals surface area contributed by atoms with E-state index in [2.05, 4.69) is 13.0 Å². The van der Waals surface area contributed by atoms with Crippen LogP contribution >= 0.6 is 0 Å². The van der Waals surface area contributed by atoms with E-state index in [0.29, 0.717) is 0 Å². The van der Waals surface area contributed by atoms with Gasteiger partial charge in [0.05, 0.1) is 27.6 Å². The molecule has 0 aromatic carbocycles. The van der Waals surface area contributed by atoms with Gasteiger partial charge in [-0.2, -0.15) is 0 Å². The van der Waals surface area contributed by atoms with Crippen molar-refractivity contribution in [1.82, 2.24) is 0 Å². The molecule has 0 fully saturated rings. The zero-order valence-electron chi connectivity index (χ0n) is 20.8. The third-order valence-electron chi connectivity index (χ3n) is 5.05. The smallest absolute Gasteiger partial charge is 0.307 e. The lowest BCUT2D eigenvalue weighted by atomic mass is 9.92. The number of quaternary nitrogens is 1. The van der Waals surface area contributed by atoms with E-state index in [1.165, 1.54) is 69.9 Å². The summed E-state index contributed by atoms with van der Waals surface area (Å²) in [4.78, 5) is 23.4. The Morgan fingerprint density at radius 2 is 1.28 bits per heavy atom. The third-order valence-corrected chi connectivity index (χ3v) is 5.05. The minimum Gasteiger partial charge on any atom is -0.481 e. The van der Waals surface area contributed by atoms with E-state index in [1.54, 1.807) is 33.3 Å². The predicted molar refractivity (Wildman–Crippen MR) is 134 cm³/mol. The maximum Gasteiger partial charge on any atom is 0.307 e. The van der Waals surface area contributed by atoms with Crippen LogP contribution in [0.4, 0.5) is 0 Å². The van der Waals surface area contributed by atoms with Crippen molar-refractivity contribution in [2.75, 3.05) is 27.7 Å². The summed E-state index contributed by atoms with van der Waals surface area (Å²) in [5.41, 5.74) is -1.91. The molecule has 1 unspecified atom stereocenters. The van der Waals surface area contributed by atoms with Crippen molar-refractivity contribution < 1.29 is 24.3 Å². The van der Waals surface area contributed by atoms with Crippen molar-refractivity contribution in [2.24, 2.45) is 0 Å². The highest BCUT2D eigenvalue weighted by Gasteiger charge is 2.41. The van der Waals surface area contributed by atoms with E-state index in [9.17, 15) is 14.7 Å². The number of aliphatic carboxylic acids is 1. The van der Waals surface area contributed by atoms with Crippen LogP contribution in [0.1, 0.15) is 77.6 Å². The molecule has 0 aliphatic heterocycles. The summed E-state index contributed by atoms with van der Waals surface area (Å²) in [6, 6.07) is 0. The number of hydrogen-bond acceptors (Lipinski definition) is 3. The summed E-state index contributed by atoms with van der Waals surface area (Å²) >= 11 is 0. The van der Waals surface area contributed by atoms with Crippen LogP contribution in [0.2, 0.25) is 0 Å². The molecule has 5 nitrogen and oxygen atoms in total. The average Bonchev–Trinajstić information content (AvgIpc) is 2.68. The van der Waals surface area contributed by atoms with Gasteiger partial charge in [-0.05, 0) is 18.9 Å². The lowest BCUT2D eigenvalue weighted by Crippen LogP contribution is -2.54. The van der Waals surface area contributed by atoms with Gasteiger partial charge in [0, 0.05) is 0 Å². The third kappa shape index (κ3) is 17.7. The summed E-state index contributed by atoms with van der Waals surface area (Å²) in [6.45, 7) is 2.27. The fraction of sp³-hybridized carbons (Fsp3) is 0.630. The average molecular weight is 449 g/mol. The van der Waals surface area contributed by atoms with Crippen LogP contribution in [-0.4, -0.2) is 59.7 Å². The first-order valence-corrected chi connectivity index (χ1v) is 12.1. The van der Waals surface area contributed by atoms with Gasteiger partial charge >= 0.3 is 5.97 Å². The van der Waals surface area contributed by atoms with Gasteiger partial charge in [-0.15, -0.1) is 0 Å². The lowest BCUT2D eigenvalue weighted by molar-refractivity contribution is -0.875. The normalized spacial score (nSPS) is 14.8. The molecule has 1 atom stereocenters. The molecule has 0 aromatic rings. The molecule has 0 spiro atoms. The standard InChI is InChI=1S/C27H45NO4/c1-5-6-7-8-9-10-11-12-13-14-15-16-17-18-19-20-21-22-25(29)27(32,23-26(30)31)24-28(2,3)4/h15-22,32H,5-14,23-24H2,1-4H3/p+1. The number of aliphatic hydroxyl groups is 1. The first-order chi connectivity index (χ1) is 15.1. The summed E-state index contributed by atoms with van der Waals surface area (Å²) in [7, 11) is 5.41. The Balaban J connectivity index is 4.16. The Morgan fingerprint density at radius 1 is 0.781 bits per heavy atom. The molecule has 0 saturated carbocycles. The van der Waals surface area contributed by atoms with Gasteiger partial charge in [-0.1, -0.05) is 101 Å². The van der Waals surface area contributed by atoms with Gasteiger partial charge in [0.1, 0.15) is 6.54 Å². The zero-order valence-corrected chi connectivity index (χ0v) is 20.8. The van der Waals surface area contributed by atoms with Crippen LogP contribution in [0, 0.1) is 0 Å². The number of likely N-dealkylation sites (N-methyl/N-ethyl adjacent to an activating group) is 1. The zero-order chi connectivity index (χ0) is 24.3. The Labute approximate surface area is 195 Å². The Kier molecular flexibility index (Phi) is 16.5. The molecule has 182 valence electrons. The summed E-state index contributed by atoms with van der Waals surface area (Å²) in [5.74, 6) is -1.79. The monoisotopic (exact) mass is 448 g/mol. The van der Waals surface area contributed by atoms with E-state index in [1.807, 2.05) is 18.2 Å². The molecule has 0 bridgehead atoms. The van der Waals surface area contributed by atoms with Gasteiger partial charge in [0.2, 0.25) is 0 Å². The minimum absolute atomic E-state index is 0.0237. The number of carbonyl (C=O) groups excluding carboxylic acids is 1. The van der Waals surface area contributed by atoms with Crippen LogP contribution in [-0.2, 0) is 9.59 Å². The maximum absolute atomic E-state index is 12.4. The van der Waals surface area contributed by atoms with E-state index < -0.39 is 23.8 Å². The van der Waals surface area contributed by atoms with Gasteiger partial charge in [-0.3, -0.25) is 9.59 Å². The molecule has 0 rings (SSSR count). The lowest BCUT2D eigenvalue weighted by Gasteiger charge is -2.33. The predicted octanol–water partition coefficient (Wildman–Crippen LogP) is 5.61. The number of carbonyl (C=O) groups is 2. The van der Waals surface area contributed by atoms with Crippen LogP contribution in [0.3, 0.4) is 0 Å². The summed E-state index contributed by atoms with van der Waals surface area (Å²) < 4.78 is 0.285. The fourth-order valence-electron chi connectivity index (χ4n) is 3.56. The van der Waals surface area contributed by atoms with E-state index in [0.717, 1.165) is 6.42 Å². The van der Waals surface area contributed by atoms with Crippen molar-refractivity contribution in [3.8, 4) is 0 Å². The molecular weight excluding hydrogens is 402 g/mol. The molecule has 2 N–H and O–H groups in total. The van der Waals surface area contributed by atoms with E-state index in [4.69, 9.17) is 5.11 Å². The number of rotatable bonds is 19. The molecule has 0 amide bonds. The molecule has 32 heavy (non-hydrogen) atoms. The number of nitrogens with zero attached hydrogens (tertiary/aromatic N) is 1. The molecule has 0 saturated heterocycles. The first kappa shape index (κ1) is 30.0. The van der Waals surface area contributed by atoms with Crippen molar-refractivity contribution in [1.29, 1.82) is 0 Å². The molecule has 0 aliphatic carbocycles. The number of ketones is 1. The number of carboxylic acid groups (broad SMARTS) is 1. The number of unbranched alkanes of at least 4 members (excludes halogenated alkanes) is 9. The molecular formula is C27H46NO4+. The molecule has 0 heterocycles. The number of carboxylic acids is 1. The van der Waals surface area contributed by atoms with Crippen LogP contribution in [0.5, 0.6) is 0 Å². The first-order valence-electron chi connectivity index (χ1n) is 12.1. The molecule has 0 aromatic heterocycles. The highest BCUT2D eigenvalue weighted by molar-refractivity contribution is 5.99. The highest BCUT2D eigenvalue weighted by atomic mass is 16.4. The molecule has 5 heteroatoms. The van der Waals surface area contributed by atoms with Gasteiger partial charge < -0.3 is 14.7 Å². The van der Waals surface area contributed by atoms with Gasteiger partial charge in [-0.25, -0.2) is 0 Å². The van der Waals surface area contributed by atoms with Gasteiger partial charge in [0.15, 0.2) is 11.4 Å². The quantitative estimate of drug-likeness (QED) is 0.116. The van der Waals surface area contributed by atoms with Crippen LogP contribution in [0.25, 0.3) is 0 Å². The van der Waals surface area contributed by atoms with Gasteiger partial charge in [0.25, 0.3) is 0 Å². The second kappa shape index (κ2) is 17.6. The Bertz CT molecular complexity index is 641. The number of hydrogen-bond donors (Lipinski definition) is 2. The summed E-state index contributed by atoms with van der Waals surface area (Å²) in [5, 5.41) is 19.6. The topological polar surface area (TPSA) is 74.6 Å². The van der Waals surface area contributed by atoms with E-state index >= 15 is 0 Å². The van der Waals surface area contributed by atoms with Crippen molar-refractivity contribution in [3.05, 3.63) is 48.6 Å². The van der Waals surface area contributed by atoms with E-state index in [-0.39, 0.29) is 11.0 Å². The Hall–Kier alpha value is -1.98. The minimum atomic E-state index is -1.91. The second-order valence-corrected chi connectivity index (χ2v) is 9.59. The van der Waals surface area contributed by atoms with Crippen molar-refractivity contribution >= 4 is 11.8 Å². The highest BCUT2D eigenvalue weighted by Crippen LogP contribution is 2.17. The number of allylic oxidation sites excluding steroid dienone is 7. The van der Waals surface area contributed by atoms with Crippen LogP contribution in [0.15, 0.2) is 48.6 Å². The largest absolute Gasteiger partial charge is 0.481 e. The van der Waals surface area contributed by atoms with Crippen molar-refractivity contribution in [2.45, 2.75) is 83.2 Å². The maximum atomic E-state index is 12.4. The Morgan fingerprint density at radius 3 is 1.81 bits per heavy atom. The second-order valence-electron chi connectivity index (χ2n) is 9.59.